The maximum atomic E-state index is 12.3. The molecule has 1 heterocycles. The normalized spacial score (nSPS) is 22.7. The van der Waals surface area contributed by atoms with E-state index in [1.807, 2.05) is 36.9 Å². The Hall–Kier alpha value is -1.55. The highest BCUT2D eigenvalue weighted by atomic mass is 16.5. The SMILES string of the molecule is Cc1cccc(C)c1OCC(=O)N1CCNC(C)C1C. The van der Waals surface area contributed by atoms with Gasteiger partial charge < -0.3 is 15.0 Å². The molecule has 0 spiro atoms. The summed E-state index contributed by atoms with van der Waals surface area (Å²) in [5.74, 6) is 0.894. The van der Waals surface area contributed by atoms with E-state index in [9.17, 15) is 4.79 Å². The summed E-state index contributed by atoms with van der Waals surface area (Å²) < 4.78 is 5.75. The Morgan fingerprint density at radius 3 is 2.65 bits per heavy atom. The van der Waals surface area contributed by atoms with Crippen molar-refractivity contribution < 1.29 is 9.53 Å². The first-order valence-electron chi connectivity index (χ1n) is 7.22. The summed E-state index contributed by atoms with van der Waals surface area (Å²) in [4.78, 5) is 14.2. The lowest BCUT2D eigenvalue weighted by Gasteiger charge is -2.38. The minimum atomic E-state index is 0.0634. The van der Waals surface area contributed by atoms with Crippen LogP contribution in [-0.2, 0) is 4.79 Å². The summed E-state index contributed by atoms with van der Waals surface area (Å²) in [6, 6.07) is 6.54. The summed E-state index contributed by atoms with van der Waals surface area (Å²) in [5, 5.41) is 3.37. The number of hydrogen-bond acceptors (Lipinski definition) is 3. The zero-order chi connectivity index (χ0) is 14.7. The van der Waals surface area contributed by atoms with Crippen LogP contribution in [0.25, 0.3) is 0 Å². The maximum absolute atomic E-state index is 12.3. The summed E-state index contributed by atoms with van der Waals surface area (Å²) in [6.07, 6.45) is 0. The molecule has 2 rings (SSSR count). The van der Waals surface area contributed by atoms with Gasteiger partial charge in [0.25, 0.3) is 5.91 Å². The van der Waals surface area contributed by atoms with Crippen LogP contribution >= 0.6 is 0 Å². The van der Waals surface area contributed by atoms with E-state index in [0.717, 1.165) is 30.0 Å². The minimum absolute atomic E-state index is 0.0634. The smallest absolute Gasteiger partial charge is 0.260 e. The largest absolute Gasteiger partial charge is 0.483 e. The number of carbonyl (C=O) groups excluding carboxylic acids is 1. The molecule has 0 bridgehead atoms. The highest BCUT2D eigenvalue weighted by molar-refractivity contribution is 5.78. The molecule has 1 N–H and O–H groups in total. The first-order valence-corrected chi connectivity index (χ1v) is 7.22. The van der Waals surface area contributed by atoms with E-state index in [1.165, 1.54) is 0 Å². The van der Waals surface area contributed by atoms with E-state index in [4.69, 9.17) is 4.74 Å². The van der Waals surface area contributed by atoms with Gasteiger partial charge in [-0.05, 0) is 38.8 Å². The number of ether oxygens (including phenoxy) is 1. The van der Waals surface area contributed by atoms with Crippen LogP contribution in [0.2, 0.25) is 0 Å². The maximum Gasteiger partial charge on any atom is 0.260 e. The average Bonchev–Trinajstić information content (AvgIpc) is 2.41. The fraction of sp³-hybridized carbons (Fsp3) is 0.562. The minimum Gasteiger partial charge on any atom is -0.483 e. The standard InChI is InChI=1S/C16H24N2O2/c1-11-6-5-7-12(2)16(11)20-10-15(19)18-9-8-17-13(3)14(18)4/h5-7,13-14,17H,8-10H2,1-4H3. The van der Waals surface area contributed by atoms with Gasteiger partial charge in [0.2, 0.25) is 0 Å². The van der Waals surface area contributed by atoms with Gasteiger partial charge in [0, 0.05) is 25.2 Å². The van der Waals surface area contributed by atoms with Gasteiger partial charge in [-0.25, -0.2) is 0 Å². The Morgan fingerprint density at radius 2 is 2.00 bits per heavy atom. The Morgan fingerprint density at radius 1 is 1.35 bits per heavy atom. The molecule has 1 aromatic carbocycles. The van der Waals surface area contributed by atoms with Gasteiger partial charge in [-0.1, -0.05) is 18.2 Å². The molecule has 0 radical (unpaired) electrons. The van der Waals surface area contributed by atoms with E-state index < -0.39 is 0 Å². The fourth-order valence-electron chi connectivity index (χ4n) is 2.65. The fourth-order valence-corrected chi connectivity index (χ4v) is 2.65. The molecule has 20 heavy (non-hydrogen) atoms. The predicted octanol–water partition coefficient (Wildman–Crippen LogP) is 1.89. The van der Waals surface area contributed by atoms with E-state index in [0.29, 0.717) is 6.04 Å². The number of aryl methyl sites for hydroxylation is 2. The molecule has 2 unspecified atom stereocenters. The highest BCUT2D eigenvalue weighted by Gasteiger charge is 2.28. The molecule has 4 nitrogen and oxygen atoms in total. The second kappa shape index (κ2) is 6.27. The lowest BCUT2D eigenvalue weighted by Crippen LogP contribution is -2.58. The number of benzene rings is 1. The van der Waals surface area contributed by atoms with Crippen molar-refractivity contribution in [3.05, 3.63) is 29.3 Å². The van der Waals surface area contributed by atoms with Crippen molar-refractivity contribution in [1.82, 2.24) is 10.2 Å². The molecule has 1 amide bonds. The molecule has 2 atom stereocenters. The van der Waals surface area contributed by atoms with Crippen LogP contribution in [0.15, 0.2) is 18.2 Å². The molecule has 0 aliphatic carbocycles. The zero-order valence-electron chi connectivity index (χ0n) is 12.8. The average molecular weight is 276 g/mol. The van der Waals surface area contributed by atoms with Crippen LogP contribution in [0.3, 0.4) is 0 Å². The third-order valence-corrected chi connectivity index (χ3v) is 4.10. The van der Waals surface area contributed by atoms with E-state index >= 15 is 0 Å². The van der Waals surface area contributed by atoms with Crippen LogP contribution in [-0.4, -0.2) is 42.6 Å². The van der Waals surface area contributed by atoms with Crippen molar-refractivity contribution in [2.45, 2.75) is 39.8 Å². The summed E-state index contributed by atoms with van der Waals surface area (Å²) >= 11 is 0. The molecule has 110 valence electrons. The summed E-state index contributed by atoms with van der Waals surface area (Å²) in [5.41, 5.74) is 2.14. The third kappa shape index (κ3) is 3.12. The van der Waals surface area contributed by atoms with Crippen molar-refractivity contribution in [2.75, 3.05) is 19.7 Å². The van der Waals surface area contributed by atoms with Gasteiger partial charge in [-0.3, -0.25) is 4.79 Å². The second-order valence-corrected chi connectivity index (χ2v) is 5.58. The van der Waals surface area contributed by atoms with Crippen molar-refractivity contribution in [2.24, 2.45) is 0 Å². The molecule has 1 fully saturated rings. The number of piperazine rings is 1. The molecule has 1 aliphatic rings. The van der Waals surface area contributed by atoms with E-state index in [2.05, 4.69) is 19.2 Å². The predicted molar refractivity (Wildman–Crippen MR) is 80.1 cm³/mol. The van der Waals surface area contributed by atoms with Gasteiger partial charge in [0.05, 0.1) is 0 Å². The number of amides is 1. The molecular weight excluding hydrogens is 252 g/mol. The Balaban J connectivity index is 1.98. The number of hydrogen-bond donors (Lipinski definition) is 1. The first kappa shape index (κ1) is 14.9. The van der Waals surface area contributed by atoms with Crippen LogP contribution in [0.4, 0.5) is 0 Å². The second-order valence-electron chi connectivity index (χ2n) is 5.58. The van der Waals surface area contributed by atoms with Crippen molar-refractivity contribution in [1.29, 1.82) is 0 Å². The third-order valence-electron chi connectivity index (χ3n) is 4.10. The lowest BCUT2D eigenvalue weighted by atomic mass is 10.1. The van der Waals surface area contributed by atoms with Crippen molar-refractivity contribution in [3.63, 3.8) is 0 Å². The summed E-state index contributed by atoms with van der Waals surface area (Å²) in [6.45, 7) is 9.90. The van der Waals surface area contributed by atoms with Crippen LogP contribution in [0, 0.1) is 13.8 Å². The van der Waals surface area contributed by atoms with E-state index in [-0.39, 0.29) is 18.6 Å². The number of nitrogens with one attached hydrogen (secondary N) is 1. The summed E-state index contributed by atoms with van der Waals surface area (Å²) in [7, 11) is 0. The number of nitrogens with zero attached hydrogens (tertiary/aromatic N) is 1. The topological polar surface area (TPSA) is 41.6 Å². The Kier molecular flexibility index (Phi) is 4.65. The Bertz CT molecular complexity index is 467. The van der Waals surface area contributed by atoms with Gasteiger partial charge in [0.15, 0.2) is 6.61 Å². The first-order chi connectivity index (χ1) is 9.50. The van der Waals surface area contributed by atoms with Crippen molar-refractivity contribution in [3.8, 4) is 5.75 Å². The molecule has 1 saturated heterocycles. The van der Waals surface area contributed by atoms with Crippen LogP contribution in [0.1, 0.15) is 25.0 Å². The van der Waals surface area contributed by atoms with Crippen LogP contribution in [0.5, 0.6) is 5.75 Å². The molecular formula is C16H24N2O2. The number of para-hydroxylation sites is 1. The van der Waals surface area contributed by atoms with Gasteiger partial charge in [-0.2, -0.15) is 0 Å². The van der Waals surface area contributed by atoms with Crippen LogP contribution < -0.4 is 10.1 Å². The molecule has 0 saturated carbocycles. The molecule has 1 aromatic rings. The molecule has 4 heteroatoms. The lowest BCUT2D eigenvalue weighted by molar-refractivity contribution is -0.137. The quantitative estimate of drug-likeness (QED) is 0.916. The van der Waals surface area contributed by atoms with Gasteiger partial charge >= 0.3 is 0 Å². The number of rotatable bonds is 3. The number of carbonyl (C=O) groups is 1. The monoisotopic (exact) mass is 276 g/mol. The van der Waals surface area contributed by atoms with E-state index in [1.54, 1.807) is 0 Å². The zero-order valence-corrected chi connectivity index (χ0v) is 12.8. The van der Waals surface area contributed by atoms with Gasteiger partial charge in [-0.15, -0.1) is 0 Å². The highest BCUT2D eigenvalue weighted by Crippen LogP contribution is 2.22. The molecule has 1 aliphatic heterocycles. The molecule has 0 aromatic heterocycles. The van der Waals surface area contributed by atoms with Gasteiger partial charge in [0.1, 0.15) is 5.75 Å². The van der Waals surface area contributed by atoms with Crippen molar-refractivity contribution >= 4 is 5.91 Å². The Labute approximate surface area is 121 Å².